The Balaban J connectivity index is 0.00000200. The lowest BCUT2D eigenvalue weighted by Gasteiger charge is -2.14. The molecule has 0 saturated carbocycles. The molecule has 1 aromatic rings. The number of nitrogens with zero attached hydrogens (tertiary/aromatic N) is 3. The normalized spacial score (nSPS) is 18.7. The molecule has 1 saturated heterocycles. The third-order valence-electron chi connectivity index (χ3n) is 3.19. The second-order valence-electron chi connectivity index (χ2n) is 4.66. The third-order valence-corrected chi connectivity index (χ3v) is 4.59. The second-order valence-corrected chi connectivity index (χ2v) is 6.07. The minimum Gasteiger partial charge on any atom is -0.357 e. The quantitative estimate of drug-likeness (QED) is 0.444. The van der Waals surface area contributed by atoms with Gasteiger partial charge < -0.3 is 10.6 Å². The lowest BCUT2D eigenvalue weighted by Crippen LogP contribution is -2.40. The molecule has 2 heterocycles. The fourth-order valence-electron chi connectivity index (χ4n) is 2.07. The van der Waals surface area contributed by atoms with Crippen molar-refractivity contribution in [2.45, 2.75) is 31.6 Å². The van der Waals surface area contributed by atoms with Crippen molar-refractivity contribution in [2.75, 3.05) is 18.8 Å². The number of thioether (sulfide) groups is 1. The number of aryl methyl sites for hydroxylation is 1. The summed E-state index contributed by atoms with van der Waals surface area (Å²) in [6.45, 7) is 4.63. The van der Waals surface area contributed by atoms with E-state index in [1.165, 1.54) is 18.6 Å². The maximum Gasteiger partial charge on any atom is 0.191 e. The Kier molecular flexibility index (Phi) is 8.35. The number of hydrogen-bond donors (Lipinski definition) is 2. The summed E-state index contributed by atoms with van der Waals surface area (Å²) in [5.74, 6) is 2.20. The molecule has 1 fully saturated rings. The van der Waals surface area contributed by atoms with Crippen LogP contribution >= 0.6 is 35.7 Å². The lowest BCUT2D eigenvalue weighted by atomic mass is 10.2. The van der Waals surface area contributed by atoms with Crippen molar-refractivity contribution < 1.29 is 0 Å². The van der Waals surface area contributed by atoms with Gasteiger partial charge in [-0.25, -0.2) is 4.99 Å². The highest BCUT2D eigenvalue weighted by atomic mass is 127. The summed E-state index contributed by atoms with van der Waals surface area (Å²) in [5.41, 5.74) is 1.12. The Morgan fingerprint density at radius 1 is 1.55 bits per heavy atom. The molecule has 7 heteroatoms. The van der Waals surface area contributed by atoms with Gasteiger partial charge in [-0.1, -0.05) is 0 Å². The van der Waals surface area contributed by atoms with Crippen LogP contribution < -0.4 is 10.6 Å². The zero-order valence-corrected chi connectivity index (χ0v) is 15.3. The molecule has 5 nitrogen and oxygen atoms in total. The molecule has 0 amide bonds. The van der Waals surface area contributed by atoms with Crippen molar-refractivity contribution in [3.63, 3.8) is 0 Å². The molecule has 1 aromatic heterocycles. The van der Waals surface area contributed by atoms with Crippen LogP contribution in [0.15, 0.2) is 17.3 Å². The van der Waals surface area contributed by atoms with E-state index in [1.807, 2.05) is 17.8 Å². The molecule has 0 radical (unpaired) electrons. The summed E-state index contributed by atoms with van der Waals surface area (Å²) >= 11 is 2.06. The molecule has 2 rings (SSSR count). The first kappa shape index (κ1) is 17.6. The van der Waals surface area contributed by atoms with Crippen molar-refractivity contribution in [1.29, 1.82) is 0 Å². The Hall–Kier alpha value is -0.440. The Bertz CT molecular complexity index is 415. The van der Waals surface area contributed by atoms with Crippen LogP contribution in [0.1, 0.15) is 25.5 Å². The van der Waals surface area contributed by atoms with Gasteiger partial charge in [0.1, 0.15) is 0 Å². The number of halogens is 1. The Morgan fingerprint density at radius 3 is 3.00 bits per heavy atom. The van der Waals surface area contributed by atoms with Crippen molar-refractivity contribution in [3.8, 4) is 0 Å². The molecule has 114 valence electrons. The topological polar surface area (TPSA) is 54.2 Å². The van der Waals surface area contributed by atoms with Crippen LogP contribution in [-0.4, -0.2) is 39.8 Å². The van der Waals surface area contributed by atoms with E-state index >= 15 is 0 Å². The minimum absolute atomic E-state index is 0. The highest BCUT2D eigenvalue weighted by Gasteiger charge is 2.15. The van der Waals surface area contributed by atoms with E-state index in [9.17, 15) is 0 Å². The highest BCUT2D eigenvalue weighted by molar-refractivity contribution is 14.0. The van der Waals surface area contributed by atoms with Crippen LogP contribution in [0.25, 0.3) is 0 Å². The fourth-order valence-corrected chi connectivity index (χ4v) is 3.28. The predicted molar refractivity (Wildman–Crippen MR) is 96.9 cm³/mol. The predicted octanol–water partition coefficient (Wildman–Crippen LogP) is 1.99. The number of aromatic nitrogens is 2. The van der Waals surface area contributed by atoms with E-state index in [1.54, 1.807) is 6.20 Å². The van der Waals surface area contributed by atoms with Gasteiger partial charge in [0.2, 0.25) is 0 Å². The highest BCUT2D eigenvalue weighted by Crippen LogP contribution is 2.25. The largest absolute Gasteiger partial charge is 0.357 e. The molecule has 0 spiro atoms. The number of hydrogen-bond acceptors (Lipinski definition) is 3. The van der Waals surface area contributed by atoms with E-state index in [2.05, 4.69) is 39.4 Å². The first-order valence-corrected chi connectivity index (χ1v) is 7.95. The van der Waals surface area contributed by atoms with Crippen LogP contribution in [0.4, 0.5) is 0 Å². The first-order chi connectivity index (χ1) is 9.29. The summed E-state index contributed by atoms with van der Waals surface area (Å²) in [6, 6.07) is 2.00. The zero-order valence-electron chi connectivity index (χ0n) is 12.1. The molecule has 20 heavy (non-hydrogen) atoms. The van der Waals surface area contributed by atoms with E-state index < -0.39 is 0 Å². The summed E-state index contributed by atoms with van der Waals surface area (Å²) in [4.78, 5) is 4.60. The molecule has 0 bridgehead atoms. The molecule has 0 aliphatic carbocycles. The molecule has 2 N–H and O–H groups in total. The van der Waals surface area contributed by atoms with Crippen LogP contribution in [0.2, 0.25) is 0 Å². The summed E-state index contributed by atoms with van der Waals surface area (Å²) in [7, 11) is 1.94. The van der Waals surface area contributed by atoms with Gasteiger partial charge in [0.05, 0.1) is 12.2 Å². The molecule has 0 aromatic carbocycles. The van der Waals surface area contributed by atoms with E-state index in [-0.39, 0.29) is 24.0 Å². The number of nitrogens with one attached hydrogen (secondary N) is 2. The molecule has 1 unspecified atom stereocenters. The van der Waals surface area contributed by atoms with Crippen LogP contribution in [0.3, 0.4) is 0 Å². The Labute approximate surface area is 142 Å². The molecule has 1 aliphatic heterocycles. The number of guanidine groups is 1. The van der Waals surface area contributed by atoms with E-state index in [0.29, 0.717) is 6.54 Å². The average Bonchev–Trinajstić information content (AvgIpc) is 3.04. The third kappa shape index (κ3) is 5.51. The van der Waals surface area contributed by atoms with Crippen LogP contribution in [-0.2, 0) is 13.6 Å². The van der Waals surface area contributed by atoms with Gasteiger partial charge in [-0.05, 0) is 31.6 Å². The smallest absolute Gasteiger partial charge is 0.191 e. The summed E-state index contributed by atoms with van der Waals surface area (Å²) in [5, 5.41) is 11.6. The SMILES string of the molecule is CCNC(=NCc1ccnn1C)NCC1CCCS1.I. The zero-order chi connectivity index (χ0) is 13.5. The Morgan fingerprint density at radius 2 is 2.40 bits per heavy atom. The maximum atomic E-state index is 4.60. The second kappa shape index (κ2) is 9.49. The van der Waals surface area contributed by atoms with Gasteiger partial charge in [0.25, 0.3) is 0 Å². The van der Waals surface area contributed by atoms with E-state index in [0.717, 1.165) is 30.0 Å². The maximum absolute atomic E-state index is 4.60. The minimum atomic E-state index is 0. The average molecular weight is 409 g/mol. The summed E-state index contributed by atoms with van der Waals surface area (Å²) in [6.07, 6.45) is 4.47. The van der Waals surface area contributed by atoms with Crippen molar-refractivity contribution in [3.05, 3.63) is 18.0 Å². The van der Waals surface area contributed by atoms with Gasteiger partial charge in [0.15, 0.2) is 5.96 Å². The number of rotatable bonds is 5. The van der Waals surface area contributed by atoms with Crippen molar-refractivity contribution in [2.24, 2.45) is 12.0 Å². The van der Waals surface area contributed by atoms with Crippen LogP contribution in [0, 0.1) is 0 Å². The van der Waals surface area contributed by atoms with Crippen LogP contribution in [0.5, 0.6) is 0 Å². The molecular weight excluding hydrogens is 385 g/mol. The lowest BCUT2D eigenvalue weighted by molar-refractivity contribution is 0.701. The van der Waals surface area contributed by atoms with Crippen molar-refractivity contribution in [1.82, 2.24) is 20.4 Å². The van der Waals surface area contributed by atoms with Gasteiger partial charge in [-0.2, -0.15) is 16.9 Å². The molecule has 1 atom stereocenters. The van der Waals surface area contributed by atoms with Gasteiger partial charge in [0, 0.05) is 31.6 Å². The monoisotopic (exact) mass is 409 g/mol. The first-order valence-electron chi connectivity index (χ1n) is 6.90. The molecule has 1 aliphatic rings. The van der Waals surface area contributed by atoms with Gasteiger partial charge in [-0.3, -0.25) is 4.68 Å². The van der Waals surface area contributed by atoms with Gasteiger partial charge in [-0.15, -0.1) is 24.0 Å². The summed E-state index contributed by atoms with van der Waals surface area (Å²) < 4.78 is 1.86. The standard InChI is InChI=1S/C13H23N5S.HI/c1-3-14-13(16-10-12-5-4-8-19-12)15-9-11-6-7-17-18(11)2;/h6-7,12H,3-5,8-10H2,1-2H3,(H2,14,15,16);1H. The fraction of sp³-hybridized carbons (Fsp3) is 0.692. The number of aliphatic imine (C=N–C) groups is 1. The molecular formula is C13H24IN5S. The van der Waals surface area contributed by atoms with Crippen molar-refractivity contribution >= 4 is 41.7 Å². The van der Waals surface area contributed by atoms with Gasteiger partial charge >= 0.3 is 0 Å². The van der Waals surface area contributed by atoms with E-state index in [4.69, 9.17) is 0 Å².